The quantitative estimate of drug-likeness (QED) is 0.518. The van der Waals surface area contributed by atoms with Crippen molar-refractivity contribution in [2.45, 2.75) is 31.2 Å². The van der Waals surface area contributed by atoms with Crippen molar-refractivity contribution in [2.24, 2.45) is 11.8 Å². The van der Waals surface area contributed by atoms with Crippen LogP contribution < -0.4 is 4.74 Å². The Morgan fingerprint density at radius 3 is 2.81 bits per heavy atom. The Labute approximate surface area is 185 Å². The zero-order valence-corrected chi connectivity index (χ0v) is 17.5. The number of fused-ring (bicyclic) bond motifs is 1. The molecule has 7 heteroatoms. The molecule has 0 bridgehead atoms. The summed E-state index contributed by atoms with van der Waals surface area (Å²) >= 11 is 5.94. The minimum Gasteiger partial charge on any atom is -0.491 e. The van der Waals surface area contributed by atoms with E-state index in [0.717, 1.165) is 0 Å². The van der Waals surface area contributed by atoms with Crippen LogP contribution in [0, 0.1) is 11.8 Å². The Bertz CT molecular complexity index is 960. The molecule has 1 heterocycles. The van der Waals surface area contributed by atoms with Crippen LogP contribution in [0.2, 0.25) is 5.02 Å². The maximum Gasteiger partial charge on any atom is 0.338 e. The summed E-state index contributed by atoms with van der Waals surface area (Å²) in [6.45, 7) is 0.0432. The lowest BCUT2D eigenvalue weighted by molar-refractivity contribution is -0.141. The third kappa shape index (κ3) is 5.27. The first-order valence-corrected chi connectivity index (χ1v) is 10.6. The summed E-state index contributed by atoms with van der Waals surface area (Å²) < 4.78 is 16.7. The van der Waals surface area contributed by atoms with E-state index in [9.17, 15) is 14.7 Å². The minimum atomic E-state index is -0.874. The Morgan fingerprint density at radius 2 is 2.03 bits per heavy atom. The molecule has 1 aliphatic heterocycles. The molecule has 2 aromatic rings. The Morgan fingerprint density at radius 1 is 1.23 bits per heavy atom. The monoisotopic (exact) mass is 442 g/mol. The van der Waals surface area contributed by atoms with Gasteiger partial charge in [0.15, 0.2) is 0 Å². The first-order chi connectivity index (χ1) is 15.0. The zero-order valence-electron chi connectivity index (χ0n) is 16.7. The van der Waals surface area contributed by atoms with Crippen LogP contribution in [0.15, 0.2) is 66.7 Å². The summed E-state index contributed by atoms with van der Waals surface area (Å²) in [4.78, 5) is 24.3. The Balaban J connectivity index is 1.41. The van der Waals surface area contributed by atoms with Gasteiger partial charge in [0.25, 0.3) is 0 Å². The predicted molar refractivity (Wildman–Crippen MR) is 114 cm³/mol. The van der Waals surface area contributed by atoms with Crippen molar-refractivity contribution in [1.29, 1.82) is 0 Å². The van der Waals surface area contributed by atoms with E-state index in [1.165, 1.54) is 0 Å². The molecule has 1 N–H and O–H groups in total. The van der Waals surface area contributed by atoms with E-state index in [2.05, 4.69) is 0 Å². The number of halogens is 1. The Kier molecular flexibility index (Phi) is 6.59. The van der Waals surface area contributed by atoms with E-state index in [4.69, 9.17) is 25.8 Å². The molecular weight excluding hydrogens is 420 g/mol. The summed E-state index contributed by atoms with van der Waals surface area (Å²) in [5.41, 5.74) is 0.467. The van der Waals surface area contributed by atoms with Gasteiger partial charge in [-0.25, -0.2) is 4.79 Å². The van der Waals surface area contributed by atoms with Crippen molar-refractivity contribution in [3.63, 3.8) is 0 Å². The van der Waals surface area contributed by atoms with Crippen molar-refractivity contribution < 1.29 is 28.9 Å². The summed E-state index contributed by atoms with van der Waals surface area (Å²) in [5.74, 6) is -0.417. The van der Waals surface area contributed by atoms with Gasteiger partial charge in [0.1, 0.15) is 30.7 Å². The largest absolute Gasteiger partial charge is 0.491 e. The standard InChI is InChI=1S/C24H23ClO6/c25-16-7-4-8-18(11-16)29-14-17(26)9-10-19-20-12-23(27)30-22(20)13-21(19)31-24(28)15-5-2-1-3-6-15/h1-11,17,19-22,26H,12-14H2/b10-9+/t17-,19+,20+,21+,22-/m0/s1. The lowest BCUT2D eigenvalue weighted by Gasteiger charge is -2.20. The molecule has 1 aliphatic carbocycles. The zero-order chi connectivity index (χ0) is 21.8. The molecule has 1 saturated carbocycles. The molecule has 0 aromatic heterocycles. The first kappa shape index (κ1) is 21.4. The highest BCUT2D eigenvalue weighted by Crippen LogP contribution is 2.43. The molecule has 0 amide bonds. The van der Waals surface area contributed by atoms with Gasteiger partial charge in [0, 0.05) is 23.3 Å². The fourth-order valence-electron chi connectivity index (χ4n) is 4.12. The molecule has 6 nitrogen and oxygen atoms in total. The van der Waals surface area contributed by atoms with Crippen LogP contribution in [0.5, 0.6) is 5.75 Å². The van der Waals surface area contributed by atoms with Crippen LogP contribution >= 0.6 is 11.6 Å². The molecule has 0 radical (unpaired) electrons. The second-order valence-corrected chi connectivity index (χ2v) is 8.18. The van der Waals surface area contributed by atoms with Crippen molar-refractivity contribution in [3.8, 4) is 5.75 Å². The van der Waals surface area contributed by atoms with Crippen LogP contribution in [0.4, 0.5) is 0 Å². The number of aliphatic hydroxyl groups excluding tert-OH is 1. The third-order valence-corrected chi connectivity index (χ3v) is 5.83. The molecule has 4 rings (SSSR count). The highest BCUT2D eigenvalue weighted by Gasteiger charge is 2.50. The molecule has 5 atom stereocenters. The fraction of sp³-hybridized carbons (Fsp3) is 0.333. The molecule has 2 fully saturated rings. The van der Waals surface area contributed by atoms with Gasteiger partial charge >= 0.3 is 11.9 Å². The third-order valence-electron chi connectivity index (χ3n) is 5.59. The van der Waals surface area contributed by atoms with E-state index in [-0.39, 0.29) is 36.9 Å². The van der Waals surface area contributed by atoms with E-state index < -0.39 is 18.2 Å². The molecule has 31 heavy (non-hydrogen) atoms. The maximum absolute atomic E-state index is 12.5. The van der Waals surface area contributed by atoms with Crippen molar-refractivity contribution >= 4 is 23.5 Å². The van der Waals surface area contributed by atoms with Crippen LogP contribution in [-0.2, 0) is 14.3 Å². The van der Waals surface area contributed by atoms with Gasteiger partial charge in [0.2, 0.25) is 0 Å². The average Bonchev–Trinajstić information content (AvgIpc) is 3.27. The van der Waals surface area contributed by atoms with E-state index in [1.807, 2.05) is 12.1 Å². The first-order valence-electron chi connectivity index (χ1n) is 10.2. The van der Waals surface area contributed by atoms with Crippen molar-refractivity contribution in [3.05, 3.63) is 77.3 Å². The van der Waals surface area contributed by atoms with E-state index >= 15 is 0 Å². The van der Waals surface area contributed by atoms with E-state index in [1.54, 1.807) is 54.6 Å². The predicted octanol–water partition coefficient (Wildman–Crippen LogP) is 3.81. The summed E-state index contributed by atoms with van der Waals surface area (Å²) in [7, 11) is 0. The topological polar surface area (TPSA) is 82.1 Å². The van der Waals surface area contributed by atoms with Gasteiger partial charge in [-0.05, 0) is 30.3 Å². The second-order valence-electron chi connectivity index (χ2n) is 7.74. The number of benzene rings is 2. The van der Waals surface area contributed by atoms with Crippen LogP contribution in [0.1, 0.15) is 23.2 Å². The van der Waals surface area contributed by atoms with Crippen molar-refractivity contribution in [2.75, 3.05) is 6.61 Å². The normalized spacial score (nSPS) is 25.8. The number of aliphatic hydroxyl groups is 1. The number of rotatable bonds is 7. The lowest BCUT2D eigenvalue weighted by atomic mass is 9.91. The van der Waals surface area contributed by atoms with Gasteiger partial charge in [-0.1, -0.05) is 48.0 Å². The molecule has 1 saturated heterocycles. The molecule has 0 spiro atoms. The van der Waals surface area contributed by atoms with Crippen molar-refractivity contribution in [1.82, 2.24) is 0 Å². The second kappa shape index (κ2) is 9.54. The van der Waals surface area contributed by atoms with E-state index in [0.29, 0.717) is 22.8 Å². The highest BCUT2D eigenvalue weighted by atomic mass is 35.5. The summed E-state index contributed by atoms with van der Waals surface area (Å²) in [6.07, 6.45) is 2.55. The van der Waals surface area contributed by atoms with Gasteiger partial charge in [-0.2, -0.15) is 0 Å². The lowest BCUT2D eigenvalue weighted by Crippen LogP contribution is -2.25. The van der Waals surface area contributed by atoms with Crippen LogP contribution in [0.3, 0.4) is 0 Å². The molecule has 2 aromatic carbocycles. The summed E-state index contributed by atoms with van der Waals surface area (Å²) in [6, 6.07) is 15.7. The van der Waals surface area contributed by atoms with Gasteiger partial charge < -0.3 is 19.3 Å². The van der Waals surface area contributed by atoms with Gasteiger partial charge in [-0.3, -0.25) is 4.79 Å². The Hall–Kier alpha value is -2.83. The number of ether oxygens (including phenoxy) is 3. The maximum atomic E-state index is 12.5. The van der Waals surface area contributed by atoms with Crippen LogP contribution in [0.25, 0.3) is 0 Å². The fourth-order valence-corrected chi connectivity index (χ4v) is 4.30. The van der Waals surface area contributed by atoms with Gasteiger partial charge in [0.05, 0.1) is 12.0 Å². The molecule has 0 unspecified atom stereocenters. The minimum absolute atomic E-state index is 0.0432. The SMILES string of the molecule is O=C1C[C@@H]2[C@@H](/C=C/[C@H](O)COc3cccc(Cl)c3)[C@H](OC(=O)c3ccccc3)C[C@@H]2O1. The molecule has 162 valence electrons. The number of hydrogen-bond donors (Lipinski definition) is 1. The number of carbonyl (C=O) groups excluding carboxylic acids is 2. The van der Waals surface area contributed by atoms with Gasteiger partial charge in [-0.15, -0.1) is 0 Å². The number of hydrogen-bond acceptors (Lipinski definition) is 6. The molecule has 2 aliphatic rings. The number of esters is 2. The summed E-state index contributed by atoms with van der Waals surface area (Å²) in [5, 5.41) is 10.9. The molecular formula is C24H23ClO6. The smallest absolute Gasteiger partial charge is 0.338 e. The highest BCUT2D eigenvalue weighted by molar-refractivity contribution is 6.30. The van der Waals surface area contributed by atoms with Crippen LogP contribution in [-0.4, -0.2) is 42.0 Å². The number of carbonyl (C=O) groups is 2. The average molecular weight is 443 g/mol.